The van der Waals surface area contributed by atoms with Crippen LogP contribution < -0.4 is 10.2 Å². The van der Waals surface area contributed by atoms with E-state index in [0.29, 0.717) is 11.8 Å². The molecule has 2 aromatic carbocycles. The first-order chi connectivity index (χ1) is 10.8. The number of hydrogen-bond acceptors (Lipinski definition) is 4. The van der Waals surface area contributed by atoms with Crippen molar-refractivity contribution in [2.45, 2.75) is 0 Å². The van der Waals surface area contributed by atoms with Crippen molar-refractivity contribution in [1.82, 2.24) is 0 Å². The molecule has 8 heteroatoms. The van der Waals surface area contributed by atoms with Crippen LogP contribution in [0.2, 0.25) is 0 Å². The molecule has 0 atom stereocenters. The molecule has 0 saturated carbocycles. The lowest BCUT2D eigenvalue weighted by Gasteiger charge is -2.17. The zero-order valence-electron chi connectivity index (χ0n) is 12.3. The van der Waals surface area contributed by atoms with Crippen LogP contribution in [0.5, 0.6) is 0 Å². The largest absolute Gasteiger partial charge is 0.377 e. The minimum absolute atomic E-state index is 0.0221. The molecule has 120 valence electrons. The minimum Gasteiger partial charge on any atom is -0.377 e. The third-order valence-corrected chi connectivity index (χ3v) is 3.04. The van der Waals surface area contributed by atoms with E-state index < -0.39 is 22.5 Å². The van der Waals surface area contributed by atoms with Gasteiger partial charge in [-0.15, -0.1) is 0 Å². The fourth-order valence-corrected chi connectivity index (χ4v) is 2.03. The Morgan fingerprint density at radius 3 is 2.26 bits per heavy atom. The first-order valence-corrected chi connectivity index (χ1v) is 6.51. The van der Waals surface area contributed by atoms with Gasteiger partial charge in [-0.3, -0.25) is 14.9 Å². The van der Waals surface area contributed by atoms with Crippen molar-refractivity contribution in [3.05, 3.63) is 63.7 Å². The Morgan fingerprint density at radius 1 is 1.13 bits per heavy atom. The normalized spacial score (nSPS) is 10.3. The number of anilines is 2. The van der Waals surface area contributed by atoms with Crippen molar-refractivity contribution in [2.75, 3.05) is 24.3 Å². The van der Waals surface area contributed by atoms with Gasteiger partial charge in [0.25, 0.3) is 11.6 Å². The number of nitrogens with one attached hydrogen (secondary N) is 1. The molecule has 0 heterocycles. The van der Waals surface area contributed by atoms with E-state index in [1.165, 1.54) is 12.1 Å². The molecule has 6 nitrogen and oxygen atoms in total. The highest BCUT2D eigenvalue weighted by atomic mass is 19.1. The molecule has 0 aliphatic rings. The number of nitro benzene ring substituents is 1. The van der Waals surface area contributed by atoms with Crippen molar-refractivity contribution >= 4 is 23.0 Å². The van der Waals surface area contributed by atoms with E-state index in [4.69, 9.17) is 0 Å². The topological polar surface area (TPSA) is 75.5 Å². The first kappa shape index (κ1) is 16.3. The van der Waals surface area contributed by atoms with Gasteiger partial charge in [-0.25, -0.2) is 8.78 Å². The molecule has 0 bridgehead atoms. The molecule has 0 saturated heterocycles. The SMILES string of the molecule is CN(C)c1ccc([N+](=O)[O-])cc1C(=O)Nc1cc(F)cc(F)c1. The molecule has 1 amide bonds. The van der Waals surface area contributed by atoms with Crippen LogP contribution in [0.25, 0.3) is 0 Å². The maximum Gasteiger partial charge on any atom is 0.270 e. The Bertz CT molecular complexity index is 758. The van der Waals surface area contributed by atoms with Crippen LogP contribution in [0.15, 0.2) is 36.4 Å². The van der Waals surface area contributed by atoms with Crippen molar-refractivity contribution in [1.29, 1.82) is 0 Å². The van der Waals surface area contributed by atoms with Gasteiger partial charge in [-0.2, -0.15) is 0 Å². The molecule has 0 aromatic heterocycles. The van der Waals surface area contributed by atoms with Crippen molar-refractivity contribution in [3.63, 3.8) is 0 Å². The number of amides is 1. The first-order valence-electron chi connectivity index (χ1n) is 6.51. The van der Waals surface area contributed by atoms with E-state index in [9.17, 15) is 23.7 Å². The third kappa shape index (κ3) is 3.79. The highest BCUT2D eigenvalue weighted by molar-refractivity contribution is 6.08. The molecule has 2 aromatic rings. The summed E-state index contributed by atoms with van der Waals surface area (Å²) in [5, 5.41) is 13.2. The smallest absolute Gasteiger partial charge is 0.270 e. The standard InChI is InChI=1S/C15H13F2N3O3/c1-19(2)14-4-3-12(20(22)23)8-13(14)15(21)18-11-6-9(16)5-10(17)7-11/h3-8H,1-2H3,(H,18,21). The summed E-state index contributed by atoms with van der Waals surface area (Å²) < 4.78 is 26.3. The van der Waals surface area contributed by atoms with Crippen molar-refractivity contribution in [3.8, 4) is 0 Å². The Morgan fingerprint density at radius 2 is 1.74 bits per heavy atom. The number of nitro groups is 1. The number of nitrogens with zero attached hydrogens (tertiary/aromatic N) is 2. The van der Waals surface area contributed by atoms with Gasteiger partial charge < -0.3 is 10.2 Å². The van der Waals surface area contributed by atoms with Crippen LogP contribution in [-0.4, -0.2) is 24.9 Å². The van der Waals surface area contributed by atoms with E-state index in [0.717, 1.165) is 18.2 Å². The molecule has 0 aliphatic carbocycles. The molecule has 0 unspecified atom stereocenters. The molecular weight excluding hydrogens is 308 g/mol. The number of benzene rings is 2. The van der Waals surface area contributed by atoms with Gasteiger partial charge in [0, 0.05) is 43.7 Å². The van der Waals surface area contributed by atoms with E-state index in [1.54, 1.807) is 19.0 Å². The van der Waals surface area contributed by atoms with Gasteiger partial charge >= 0.3 is 0 Å². The predicted octanol–water partition coefficient (Wildman–Crippen LogP) is 3.19. The number of rotatable bonds is 4. The van der Waals surface area contributed by atoms with E-state index >= 15 is 0 Å². The summed E-state index contributed by atoms with van der Waals surface area (Å²) >= 11 is 0. The van der Waals surface area contributed by atoms with E-state index in [-0.39, 0.29) is 16.9 Å². The molecule has 0 spiro atoms. The average Bonchev–Trinajstić information content (AvgIpc) is 2.45. The van der Waals surface area contributed by atoms with E-state index in [1.807, 2.05) is 0 Å². The van der Waals surface area contributed by atoms with Crippen LogP contribution in [0, 0.1) is 21.7 Å². The fraction of sp³-hybridized carbons (Fsp3) is 0.133. The molecular formula is C15H13F2N3O3. The van der Waals surface area contributed by atoms with Gasteiger partial charge in [0.15, 0.2) is 0 Å². The van der Waals surface area contributed by atoms with Crippen LogP contribution >= 0.6 is 0 Å². The lowest BCUT2D eigenvalue weighted by molar-refractivity contribution is -0.384. The van der Waals surface area contributed by atoms with Gasteiger partial charge in [0.1, 0.15) is 11.6 Å². The maximum absolute atomic E-state index is 13.2. The zero-order valence-corrected chi connectivity index (χ0v) is 12.3. The van der Waals surface area contributed by atoms with Gasteiger partial charge in [-0.05, 0) is 18.2 Å². The van der Waals surface area contributed by atoms with Crippen LogP contribution in [0.1, 0.15) is 10.4 Å². The summed E-state index contributed by atoms with van der Waals surface area (Å²) in [5.74, 6) is -2.39. The number of hydrogen-bond donors (Lipinski definition) is 1. The molecule has 1 N–H and O–H groups in total. The highest BCUT2D eigenvalue weighted by Gasteiger charge is 2.18. The Balaban J connectivity index is 2.40. The Labute approximate surface area is 130 Å². The summed E-state index contributed by atoms with van der Waals surface area (Å²) in [7, 11) is 3.33. The summed E-state index contributed by atoms with van der Waals surface area (Å²) in [4.78, 5) is 24.2. The maximum atomic E-state index is 13.2. The average molecular weight is 321 g/mol. The van der Waals surface area contributed by atoms with Crippen LogP contribution in [0.3, 0.4) is 0 Å². The monoisotopic (exact) mass is 321 g/mol. The Hall–Kier alpha value is -3.03. The second-order valence-electron chi connectivity index (χ2n) is 4.97. The molecule has 23 heavy (non-hydrogen) atoms. The second kappa shape index (κ2) is 6.39. The predicted molar refractivity (Wildman–Crippen MR) is 81.7 cm³/mol. The molecule has 2 rings (SSSR count). The summed E-state index contributed by atoms with van der Waals surface area (Å²) in [6.45, 7) is 0. The highest BCUT2D eigenvalue weighted by Crippen LogP contribution is 2.25. The number of carbonyl (C=O) groups is 1. The minimum atomic E-state index is -0.841. The second-order valence-corrected chi connectivity index (χ2v) is 4.97. The van der Waals surface area contributed by atoms with Gasteiger partial charge in [-0.1, -0.05) is 0 Å². The number of carbonyl (C=O) groups excluding carboxylic acids is 1. The lowest BCUT2D eigenvalue weighted by Crippen LogP contribution is -2.19. The van der Waals surface area contributed by atoms with Gasteiger partial charge in [0.2, 0.25) is 0 Å². The summed E-state index contributed by atoms with van der Waals surface area (Å²) in [6.07, 6.45) is 0. The van der Waals surface area contributed by atoms with Crippen LogP contribution in [0.4, 0.5) is 25.8 Å². The van der Waals surface area contributed by atoms with Crippen LogP contribution in [-0.2, 0) is 0 Å². The van der Waals surface area contributed by atoms with E-state index in [2.05, 4.69) is 5.32 Å². The zero-order chi connectivity index (χ0) is 17.1. The van der Waals surface area contributed by atoms with Gasteiger partial charge in [0.05, 0.1) is 10.5 Å². The van der Waals surface area contributed by atoms with Crippen molar-refractivity contribution < 1.29 is 18.5 Å². The number of non-ortho nitro benzene ring substituents is 1. The number of halogens is 2. The third-order valence-electron chi connectivity index (χ3n) is 3.04. The quantitative estimate of drug-likeness (QED) is 0.693. The Kier molecular flexibility index (Phi) is 4.54. The molecule has 0 radical (unpaired) electrons. The fourth-order valence-electron chi connectivity index (χ4n) is 2.03. The molecule has 0 fully saturated rings. The lowest BCUT2D eigenvalue weighted by atomic mass is 10.1. The summed E-state index contributed by atoms with van der Waals surface area (Å²) in [6, 6.07) is 6.39. The van der Waals surface area contributed by atoms with Crippen molar-refractivity contribution in [2.24, 2.45) is 0 Å². The summed E-state index contributed by atoms with van der Waals surface area (Å²) in [5.41, 5.74) is 0.119. The molecule has 0 aliphatic heterocycles.